The number of hydrogen-bond acceptors (Lipinski definition) is 0. The largest absolute Gasteiger partial charge is 0.0854 e. The minimum Gasteiger partial charge on any atom is -0.0854 e. The molecule has 6 unspecified atom stereocenters. The zero-order valence-corrected chi connectivity index (χ0v) is 12.4. The Morgan fingerprint density at radius 2 is 1.39 bits per heavy atom. The molecule has 0 aromatic heterocycles. The zero-order valence-electron chi connectivity index (χ0n) is 12.4. The van der Waals surface area contributed by atoms with Crippen LogP contribution in [0.5, 0.6) is 0 Å². The van der Waals surface area contributed by atoms with Crippen molar-refractivity contribution in [2.24, 2.45) is 40.9 Å². The van der Waals surface area contributed by atoms with Gasteiger partial charge in [-0.2, -0.15) is 0 Å². The molecule has 0 heteroatoms. The molecule has 0 spiro atoms. The van der Waals surface area contributed by atoms with Gasteiger partial charge >= 0.3 is 0 Å². The quantitative estimate of drug-likeness (QED) is 0.522. The highest BCUT2D eigenvalue weighted by molar-refractivity contribution is 5.16. The monoisotopic (exact) mass is 244 g/mol. The highest BCUT2D eigenvalue weighted by Gasteiger charge is 2.45. The fourth-order valence-electron chi connectivity index (χ4n) is 4.59. The molecule has 0 heterocycles. The summed E-state index contributed by atoms with van der Waals surface area (Å²) in [5, 5.41) is 0. The summed E-state index contributed by atoms with van der Waals surface area (Å²) in [6, 6.07) is 0. The second kappa shape index (κ2) is 4.25. The van der Waals surface area contributed by atoms with Crippen LogP contribution in [0.15, 0.2) is 24.3 Å². The Morgan fingerprint density at radius 3 is 2.06 bits per heavy atom. The van der Waals surface area contributed by atoms with Crippen LogP contribution < -0.4 is 0 Å². The minimum absolute atomic E-state index is 0.443. The fraction of sp³-hybridized carbons (Fsp3) is 0.778. The van der Waals surface area contributed by atoms with Gasteiger partial charge in [0, 0.05) is 0 Å². The van der Waals surface area contributed by atoms with Gasteiger partial charge in [0.2, 0.25) is 0 Å². The maximum Gasteiger partial charge on any atom is -0.0139 e. The summed E-state index contributed by atoms with van der Waals surface area (Å²) in [7, 11) is 0. The highest BCUT2D eigenvalue weighted by Crippen LogP contribution is 2.53. The predicted molar refractivity (Wildman–Crippen MR) is 78.2 cm³/mol. The lowest BCUT2D eigenvalue weighted by Gasteiger charge is -2.36. The van der Waals surface area contributed by atoms with Crippen LogP contribution in [0.3, 0.4) is 0 Å². The van der Waals surface area contributed by atoms with Crippen molar-refractivity contribution < 1.29 is 0 Å². The van der Waals surface area contributed by atoms with E-state index in [-0.39, 0.29) is 0 Å². The van der Waals surface area contributed by atoms with Crippen molar-refractivity contribution in [1.29, 1.82) is 0 Å². The van der Waals surface area contributed by atoms with Gasteiger partial charge in [-0.25, -0.2) is 0 Å². The van der Waals surface area contributed by atoms with Gasteiger partial charge in [0.15, 0.2) is 0 Å². The van der Waals surface area contributed by atoms with Crippen molar-refractivity contribution in [2.75, 3.05) is 0 Å². The first-order valence-corrected chi connectivity index (χ1v) is 7.82. The molecular weight excluding hydrogens is 216 g/mol. The Kier molecular flexibility index (Phi) is 2.95. The molecule has 1 saturated carbocycles. The van der Waals surface area contributed by atoms with Crippen molar-refractivity contribution in [2.45, 2.75) is 47.0 Å². The summed E-state index contributed by atoms with van der Waals surface area (Å²) < 4.78 is 0. The number of rotatable bonds is 0. The third-order valence-corrected chi connectivity index (χ3v) is 5.71. The highest BCUT2D eigenvalue weighted by atomic mass is 14.5. The van der Waals surface area contributed by atoms with Crippen LogP contribution in [0.2, 0.25) is 0 Å². The van der Waals surface area contributed by atoms with Crippen molar-refractivity contribution >= 4 is 0 Å². The minimum atomic E-state index is 0.443. The molecule has 0 aromatic carbocycles. The molecule has 0 saturated heterocycles. The first-order chi connectivity index (χ1) is 8.45. The Morgan fingerprint density at radius 1 is 0.778 bits per heavy atom. The molecule has 3 aliphatic carbocycles. The van der Waals surface area contributed by atoms with E-state index in [0.717, 1.165) is 35.5 Å². The Hall–Kier alpha value is -0.520. The molecule has 1 fully saturated rings. The smallest absolute Gasteiger partial charge is 0.0139 e. The van der Waals surface area contributed by atoms with Gasteiger partial charge in [0.1, 0.15) is 0 Å². The molecule has 0 N–H and O–H groups in total. The van der Waals surface area contributed by atoms with E-state index in [0.29, 0.717) is 5.41 Å². The Balaban J connectivity index is 1.79. The van der Waals surface area contributed by atoms with Gasteiger partial charge in [0.25, 0.3) is 0 Å². The molecule has 18 heavy (non-hydrogen) atoms. The molecule has 100 valence electrons. The zero-order chi connectivity index (χ0) is 12.9. The van der Waals surface area contributed by atoms with Crippen LogP contribution in [-0.2, 0) is 0 Å². The molecular formula is C18H28. The lowest BCUT2D eigenvalue weighted by Crippen LogP contribution is -2.27. The molecule has 0 radical (unpaired) electrons. The molecule has 0 nitrogen and oxygen atoms in total. The third kappa shape index (κ3) is 2.08. The molecule has 0 bridgehead atoms. The van der Waals surface area contributed by atoms with Gasteiger partial charge in [-0.05, 0) is 60.2 Å². The Bertz CT molecular complexity index is 368. The average Bonchev–Trinajstić information content (AvgIpc) is 2.63. The second-order valence-electron chi connectivity index (χ2n) is 8.10. The Labute approximate surface area is 113 Å². The van der Waals surface area contributed by atoms with Gasteiger partial charge in [-0.15, -0.1) is 0 Å². The van der Waals surface area contributed by atoms with Crippen LogP contribution in [-0.4, -0.2) is 0 Å². The molecule has 3 aliphatic rings. The first kappa shape index (κ1) is 12.5. The van der Waals surface area contributed by atoms with Crippen LogP contribution in [0.25, 0.3) is 0 Å². The number of hydrogen-bond donors (Lipinski definition) is 0. The molecule has 0 amide bonds. The van der Waals surface area contributed by atoms with Crippen molar-refractivity contribution in [3.05, 3.63) is 24.3 Å². The van der Waals surface area contributed by atoms with E-state index >= 15 is 0 Å². The van der Waals surface area contributed by atoms with Crippen LogP contribution in [0, 0.1) is 40.9 Å². The van der Waals surface area contributed by atoms with E-state index in [9.17, 15) is 0 Å². The van der Waals surface area contributed by atoms with Crippen molar-refractivity contribution in [3.63, 3.8) is 0 Å². The third-order valence-electron chi connectivity index (χ3n) is 5.71. The standard InChI is InChI=1S/C18H28/c1-12-5-7-16-13(9-12)10-14-11-15(18(2,3)4)6-8-17(14)16/h5-8,12-17H,9-11H2,1-4H3. The summed E-state index contributed by atoms with van der Waals surface area (Å²) in [5.41, 5.74) is 0.443. The van der Waals surface area contributed by atoms with E-state index in [1.54, 1.807) is 0 Å². The first-order valence-electron chi connectivity index (χ1n) is 7.82. The van der Waals surface area contributed by atoms with E-state index in [1.165, 1.54) is 19.3 Å². The van der Waals surface area contributed by atoms with Crippen LogP contribution >= 0.6 is 0 Å². The van der Waals surface area contributed by atoms with E-state index in [2.05, 4.69) is 52.0 Å². The summed E-state index contributed by atoms with van der Waals surface area (Å²) in [5.74, 6) is 5.27. The molecule has 6 atom stereocenters. The van der Waals surface area contributed by atoms with Gasteiger partial charge in [-0.3, -0.25) is 0 Å². The number of allylic oxidation sites excluding steroid dienone is 4. The molecule has 0 aliphatic heterocycles. The topological polar surface area (TPSA) is 0 Å². The fourth-order valence-corrected chi connectivity index (χ4v) is 4.59. The van der Waals surface area contributed by atoms with Gasteiger partial charge in [-0.1, -0.05) is 52.0 Å². The van der Waals surface area contributed by atoms with E-state index < -0.39 is 0 Å². The van der Waals surface area contributed by atoms with E-state index in [4.69, 9.17) is 0 Å². The maximum atomic E-state index is 2.58. The average molecular weight is 244 g/mol. The summed E-state index contributed by atoms with van der Waals surface area (Å²) in [6.45, 7) is 9.56. The molecule has 0 aromatic rings. The van der Waals surface area contributed by atoms with Gasteiger partial charge < -0.3 is 0 Å². The van der Waals surface area contributed by atoms with Crippen LogP contribution in [0.1, 0.15) is 47.0 Å². The molecule has 3 rings (SSSR count). The number of fused-ring (bicyclic) bond motifs is 3. The SMILES string of the molecule is CC1C=CC2C(C1)CC1CC(C(C)(C)C)C=CC12. The van der Waals surface area contributed by atoms with Crippen LogP contribution in [0.4, 0.5) is 0 Å². The van der Waals surface area contributed by atoms with E-state index in [1.807, 2.05) is 0 Å². The lowest BCUT2D eigenvalue weighted by molar-refractivity contribution is 0.211. The van der Waals surface area contributed by atoms with Crippen molar-refractivity contribution in [3.8, 4) is 0 Å². The van der Waals surface area contributed by atoms with Gasteiger partial charge in [0.05, 0.1) is 0 Å². The summed E-state index contributed by atoms with van der Waals surface area (Å²) >= 11 is 0. The summed E-state index contributed by atoms with van der Waals surface area (Å²) in [4.78, 5) is 0. The normalized spacial score (nSPS) is 46.9. The second-order valence-corrected chi connectivity index (χ2v) is 8.10. The maximum absolute atomic E-state index is 2.58. The predicted octanol–water partition coefficient (Wildman–Crippen LogP) is 5.07. The lowest BCUT2D eigenvalue weighted by atomic mass is 9.69. The summed E-state index contributed by atoms with van der Waals surface area (Å²) in [6.07, 6.45) is 14.5. The van der Waals surface area contributed by atoms with Crippen molar-refractivity contribution in [1.82, 2.24) is 0 Å².